The zero-order valence-corrected chi connectivity index (χ0v) is 13.3. The van der Waals surface area contributed by atoms with E-state index in [0.717, 1.165) is 25.0 Å². The van der Waals surface area contributed by atoms with Crippen LogP contribution in [0.15, 0.2) is 0 Å². The predicted octanol–water partition coefficient (Wildman–Crippen LogP) is 3.20. The number of carbonyl (C=O) groups excluding carboxylic acids is 1. The second-order valence-corrected chi connectivity index (χ2v) is 5.35. The smallest absolute Gasteiger partial charge is 0.406 e. The van der Waals surface area contributed by atoms with Crippen LogP contribution in [-0.2, 0) is 4.74 Å². The number of hydrogen-bond donors (Lipinski definition) is 1. The Bertz CT molecular complexity index is 242. The number of nitrogens with one attached hydrogen (secondary N) is 1. The molecule has 1 aliphatic rings. The summed E-state index contributed by atoms with van der Waals surface area (Å²) in [5, 5.41) is 2.71. The largest absolute Gasteiger partial charge is 0.453 e. The summed E-state index contributed by atoms with van der Waals surface area (Å²) in [6, 6.07) is 1.48. The van der Waals surface area contributed by atoms with E-state index >= 15 is 0 Å². The molecule has 0 aromatic heterocycles. The number of alkyl carbamates (subject to hydrolysis) is 1. The third-order valence-corrected chi connectivity index (χ3v) is 3.92. The molecule has 0 aliphatic carbocycles. The van der Waals surface area contributed by atoms with Crippen LogP contribution >= 0.6 is 12.4 Å². The molecule has 2 atom stereocenters. The molecule has 1 aliphatic heterocycles. The number of amides is 1. The summed E-state index contributed by atoms with van der Waals surface area (Å²) in [5.74, 6) is 0. The van der Waals surface area contributed by atoms with Gasteiger partial charge in [0.05, 0.1) is 7.11 Å². The number of carbonyl (C=O) groups is 1. The Hall–Kier alpha value is -0.480. The van der Waals surface area contributed by atoms with Crippen molar-refractivity contribution in [3.8, 4) is 0 Å². The highest BCUT2D eigenvalue weighted by atomic mass is 35.5. The number of likely N-dealkylation sites (tertiary alicyclic amines) is 1. The molecule has 114 valence electrons. The Morgan fingerprint density at radius 2 is 1.84 bits per heavy atom. The molecule has 0 spiro atoms. The van der Waals surface area contributed by atoms with E-state index in [1.165, 1.54) is 45.8 Å². The molecule has 1 amide bonds. The number of rotatable bonds is 6. The van der Waals surface area contributed by atoms with Crippen molar-refractivity contribution in [2.75, 3.05) is 20.2 Å². The molecule has 0 aromatic rings. The fourth-order valence-electron chi connectivity index (χ4n) is 2.77. The first-order valence-corrected chi connectivity index (χ1v) is 7.22. The van der Waals surface area contributed by atoms with Gasteiger partial charge in [0.1, 0.15) is 0 Å². The Labute approximate surface area is 123 Å². The average Bonchev–Trinajstić information content (AvgIpc) is 2.36. The molecule has 5 heteroatoms. The topological polar surface area (TPSA) is 41.6 Å². The summed E-state index contributed by atoms with van der Waals surface area (Å²) in [7, 11) is 1.40. The number of nitrogens with zero attached hydrogens (tertiary/aromatic N) is 1. The normalized spacial score (nSPS) is 23.5. The first-order chi connectivity index (χ1) is 8.65. The van der Waals surface area contributed by atoms with Crippen molar-refractivity contribution in [3.05, 3.63) is 0 Å². The van der Waals surface area contributed by atoms with Gasteiger partial charge in [-0.25, -0.2) is 4.79 Å². The fourth-order valence-corrected chi connectivity index (χ4v) is 2.77. The third kappa shape index (κ3) is 7.02. The van der Waals surface area contributed by atoms with E-state index in [4.69, 9.17) is 0 Å². The Balaban J connectivity index is 0.00000324. The molecule has 2 unspecified atom stereocenters. The minimum atomic E-state index is -0.326. The SMILES string of the molecule is COC(=O)NCCCCCN1C(C)CCCC1C.Cl. The number of piperidine rings is 1. The van der Waals surface area contributed by atoms with Crippen LogP contribution in [0.1, 0.15) is 52.4 Å². The lowest BCUT2D eigenvalue weighted by Crippen LogP contribution is -2.44. The molecule has 1 heterocycles. The number of methoxy groups -OCH3 is 1. The third-order valence-electron chi connectivity index (χ3n) is 3.92. The molecule has 0 bridgehead atoms. The van der Waals surface area contributed by atoms with E-state index in [1.54, 1.807) is 0 Å². The fraction of sp³-hybridized carbons (Fsp3) is 0.929. The number of halogens is 1. The monoisotopic (exact) mass is 292 g/mol. The van der Waals surface area contributed by atoms with Gasteiger partial charge in [-0.3, -0.25) is 4.90 Å². The summed E-state index contributed by atoms with van der Waals surface area (Å²) >= 11 is 0. The highest BCUT2D eigenvalue weighted by Crippen LogP contribution is 2.22. The molecule has 19 heavy (non-hydrogen) atoms. The lowest BCUT2D eigenvalue weighted by atomic mass is 9.97. The molecule has 0 saturated carbocycles. The zero-order valence-electron chi connectivity index (χ0n) is 12.5. The van der Waals surface area contributed by atoms with Crippen LogP contribution in [0.25, 0.3) is 0 Å². The van der Waals surface area contributed by atoms with E-state index in [-0.39, 0.29) is 18.5 Å². The average molecular weight is 293 g/mol. The maximum Gasteiger partial charge on any atom is 0.406 e. The van der Waals surface area contributed by atoms with Gasteiger partial charge in [0, 0.05) is 18.6 Å². The van der Waals surface area contributed by atoms with Gasteiger partial charge in [-0.2, -0.15) is 0 Å². The molecule has 1 fully saturated rings. The highest BCUT2D eigenvalue weighted by Gasteiger charge is 2.23. The van der Waals surface area contributed by atoms with Crippen molar-refractivity contribution < 1.29 is 9.53 Å². The van der Waals surface area contributed by atoms with Gasteiger partial charge in [0.15, 0.2) is 0 Å². The van der Waals surface area contributed by atoms with Crippen LogP contribution < -0.4 is 5.32 Å². The van der Waals surface area contributed by atoms with Gasteiger partial charge in [-0.1, -0.05) is 12.8 Å². The van der Waals surface area contributed by atoms with Crippen LogP contribution in [0.5, 0.6) is 0 Å². The molecule has 1 saturated heterocycles. The molecule has 4 nitrogen and oxygen atoms in total. The highest BCUT2D eigenvalue weighted by molar-refractivity contribution is 5.85. The van der Waals surface area contributed by atoms with Crippen molar-refractivity contribution in [1.82, 2.24) is 10.2 Å². The van der Waals surface area contributed by atoms with E-state index < -0.39 is 0 Å². The summed E-state index contributed by atoms with van der Waals surface area (Å²) in [4.78, 5) is 13.5. The predicted molar refractivity (Wildman–Crippen MR) is 81.0 cm³/mol. The summed E-state index contributed by atoms with van der Waals surface area (Å²) in [6.45, 7) is 6.60. The summed E-state index contributed by atoms with van der Waals surface area (Å²) in [5.41, 5.74) is 0. The molecule has 1 N–H and O–H groups in total. The second kappa shape index (κ2) is 10.3. The first kappa shape index (κ1) is 18.5. The quantitative estimate of drug-likeness (QED) is 0.765. The van der Waals surface area contributed by atoms with Crippen LogP contribution in [0, 0.1) is 0 Å². The number of hydrogen-bond acceptors (Lipinski definition) is 3. The molecule has 1 rings (SSSR count). The van der Waals surface area contributed by atoms with Crippen molar-refractivity contribution >= 4 is 18.5 Å². The Kier molecular flexibility index (Phi) is 10.1. The van der Waals surface area contributed by atoms with E-state index in [0.29, 0.717) is 0 Å². The minimum absolute atomic E-state index is 0. The van der Waals surface area contributed by atoms with Crippen molar-refractivity contribution in [2.45, 2.75) is 64.5 Å². The van der Waals surface area contributed by atoms with Crippen LogP contribution in [0.2, 0.25) is 0 Å². The van der Waals surface area contributed by atoms with Gasteiger partial charge in [-0.15, -0.1) is 12.4 Å². The molecule has 0 radical (unpaired) electrons. The Morgan fingerprint density at radius 1 is 1.21 bits per heavy atom. The molecule has 0 aromatic carbocycles. The van der Waals surface area contributed by atoms with Crippen LogP contribution in [0.4, 0.5) is 4.79 Å². The maximum atomic E-state index is 10.8. The zero-order chi connectivity index (χ0) is 13.4. The molecular weight excluding hydrogens is 264 g/mol. The molecular formula is C14H29ClN2O2. The van der Waals surface area contributed by atoms with E-state index in [1.807, 2.05) is 0 Å². The van der Waals surface area contributed by atoms with Crippen molar-refractivity contribution in [3.63, 3.8) is 0 Å². The van der Waals surface area contributed by atoms with Crippen molar-refractivity contribution in [2.24, 2.45) is 0 Å². The first-order valence-electron chi connectivity index (χ1n) is 7.22. The second-order valence-electron chi connectivity index (χ2n) is 5.35. The lowest BCUT2D eigenvalue weighted by Gasteiger charge is -2.39. The van der Waals surface area contributed by atoms with Crippen LogP contribution in [0.3, 0.4) is 0 Å². The Morgan fingerprint density at radius 3 is 2.42 bits per heavy atom. The van der Waals surface area contributed by atoms with Gasteiger partial charge in [-0.05, 0) is 46.1 Å². The minimum Gasteiger partial charge on any atom is -0.453 e. The van der Waals surface area contributed by atoms with Gasteiger partial charge < -0.3 is 10.1 Å². The number of unbranched alkanes of at least 4 members (excludes halogenated alkanes) is 2. The van der Waals surface area contributed by atoms with E-state index in [2.05, 4.69) is 28.8 Å². The standard InChI is InChI=1S/C14H28N2O2.ClH/c1-12-8-7-9-13(2)16(12)11-6-4-5-10-15-14(17)18-3;/h12-13H,4-11H2,1-3H3,(H,15,17);1H. The summed E-state index contributed by atoms with van der Waals surface area (Å²) in [6.07, 6.45) is 7.15. The van der Waals surface area contributed by atoms with Gasteiger partial charge >= 0.3 is 6.09 Å². The van der Waals surface area contributed by atoms with Gasteiger partial charge in [0.2, 0.25) is 0 Å². The summed E-state index contributed by atoms with van der Waals surface area (Å²) < 4.78 is 4.52. The van der Waals surface area contributed by atoms with Crippen LogP contribution in [-0.4, -0.2) is 43.3 Å². The lowest BCUT2D eigenvalue weighted by molar-refractivity contribution is 0.101. The van der Waals surface area contributed by atoms with Crippen molar-refractivity contribution in [1.29, 1.82) is 0 Å². The number of ether oxygens (including phenoxy) is 1. The van der Waals surface area contributed by atoms with Gasteiger partial charge in [0.25, 0.3) is 0 Å². The van der Waals surface area contributed by atoms with E-state index in [9.17, 15) is 4.79 Å². The maximum absolute atomic E-state index is 10.8.